The molecule has 0 bridgehead atoms. The minimum atomic E-state index is -3.99. The molecule has 0 unspecified atom stereocenters. The molecule has 1 aliphatic heterocycles. The van der Waals surface area contributed by atoms with Crippen LogP contribution in [0.2, 0.25) is 5.02 Å². The number of thiazole rings is 1. The van der Waals surface area contributed by atoms with Crippen LogP contribution in [0.3, 0.4) is 0 Å². The molecule has 11 heteroatoms. The number of hydrogen-bond donors (Lipinski definition) is 0. The van der Waals surface area contributed by atoms with E-state index in [0.717, 1.165) is 21.8 Å². The van der Waals surface area contributed by atoms with Crippen molar-refractivity contribution in [2.24, 2.45) is 5.92 Å². The second-order valence-electron chi connectivity index (χ2n) is 8.65. The van der Waals surface area contributed by atoms with Crippen molar-refractivity contribution in [3.63, 3.8) is 0 Å². The molecule has 1 saturated heterocycles. The van der Waals surface area contributed by atoms with Gasteiger partial charge in [-0.2, -0.15) is 4.31 Å². The number of hydrogen-bond acceptors (Lipinski definition) is 6. The zero-order valence-corrected chi connectivity index (χ0v) is 21.7. The number of halogens is 2. The van der Waals surface area contributed by atoms with Crippen LogP contribution in [-0.2, 0) is 21.4 Å². The van der Waals surface area contributed by atoms with Crippen molar-refractivity contribution in [1.82, 2.24) is 9.29 Å². The average molecular weight is 548 g/mol. The highest BCUT2D eigenvalue weighted by atomic mass is 35.5. The van der Waals surface area contributed by atoms with Gasteiger partial charge in [-0.15, -0.1) is 0 Å². The Morgan fingerprint density at radius 3 is 2.61 bits per heavy atom. The normalized spacial score (nSPS) is 15.4. The summed E-state index contributed by atoms with van der Waals surface area (Å²) in [6.07, 6.45) is 2.17. The maximum absolute atomic E-state index is 14.2. The fourth-order valence-corrected chi connectivity index (χ4v) is 7.22. The van der Waals surface area contributed by atoms with E-state index < -0.39 is 21.8 Å². The summed E-state index contributed by atoms with van der Waals surface area (Å²) in [4.78, 5) is 19.7. The Labute approximate surface area is 217 Å². The molecule has 0 atom stereocenters. The summed E-state index contributed by atoms with van der Waals surface area (Å²) in [5, 5.41) is 1.07. The quantitative estimate of drug-likeness (QED) is 0.313. The van der Waals surface area contributed by atoms with Gasteiger partial charge in [0.05, 0.1) is 28.0 Å². The predicted molar refractivity (Wildman–Crippen MR) is 137 cm³/mol. The Bertz CT molecular complexity index is 1470. The third-order valence-corrected chi connectivity index (χ3v) is 9.81. The first-order valence-electron chi connectivity index (χ1n) is 11.4. The number of fused-ring (bicyclic) bond motifs is 1. The lowest BCUT2D eigenvalue weighted by Gasteiger charge is -2.32. The van der Waals surface area contributed by atoms with Crippen molar-refractivity contribution in [3.05, 3.63) is 77.0 Å². The van der Waals surface area contributed by atoms with Gasteiger partial charge in [0.2, 0.25) is 15.9 Å². The van der Waals surface area contributed by atoms with Gasteiger partial charge < -0.3 is 4.42 Å². The highest BCUT2D eigenvalue weighted by molar-refractivity contribution is 7.89. The zero-order chi connectivity index (χ0) is 25.4. The third-order valence-electron chi connectivity index (χ3n) is 6.33. The maximum atomic E-state index is 14.2. The van der Waals surface area contributed by atoms with Gasteiger partial charge in [0.25, 0.3) is 0 Å². The molecule has 2 aromatic carbocycles. The number of amides is 1. The van der Waals surface area contributed by atoms with E-state index in [9.17, 15) is 17.6 Å². The van der Waals surface area contributed by atoms with E-state index in [1.807, 2.05) is 19.1 Å². The topological polar surface area (TPSA) is 83.7 Å². The monoisotopic (exact) mass is 547 g/mol. The van der Waals surface area contributed by atoms with Crippen molar-refractivity contribution in [1.29, 1.82) is 0 Å². The van der Waals surface area contributed by atoms with Crippen molar-refractivity contribution in [2.45, 2.75) is 31.2 Å². The summed E-state index contributed by atoms with van der Waals surface area (Å²) >= 11 is 7.73. The molecule has 3 heterocycles. The second kappa shape index (κ2) is 9.93. The molecular formula is C25H23ClFN3O4S2. The van der Waals surface area contributed by atoms with E-state index >= 15 is 0 Å². The van der Waals surface area contributed by atoms with Gasteiger partial charge in [-0.3, -0.25) is 9.69 Å². The first-order valence-corrected chi connectivity index (χ1v) is 14.0. The summed E-state index contributed by atoms with van der Waals surface area (Å²) in [5.41, 5.74) is 1.69. The van der Waals surface area contributed by atoms with E-state index in [-0.39, 0.29) is 30.4 Å². The predicted octanol–water partition coefficient (Wildman–Crippen LogP) is 5.62. The highest BCUT2D eigenvalue weighted by Gasteiger charge is 2.36. The minimum Gasteiger partial charge on any atom is -0.467 e. The van der Waals surface area contributed by atoms with E-state index in [4.69, 9.17) is 21.0 Å². The number of carbonyl (C=O) groups excluding carboxylic acids is 1. The van der Waals surface area contributed by atoms with Crippen molar-refractivity contribution >= 4 is 54.2 Å². The Morgan fingerprint density at radius 2 is 1.94 bits per heavy atom. The minimum absolute atomic E-state index is 0.118. The Hall–Kier alpha value is -2.79. The first kappa shape index (κ1) is 24.9. The standard InChI is InChI=1S/C25H23ClFN3O4S2/c1-16-8-9-19(26)23-22(16)28-25(35-23)30(15-18-5-4-14-34-18)24(31)17-10-12-29(13-11-17)36(32,33)21-7-3-2-6-20(21)27/h2-9,14,17H,10-13,15H2,1H3. The molecule has 0 spiro atoms. The van der Waals surface area contributed by atoms with Crippen LogP contribution in [0.4, 0.5) is 9.52 Å². The summed E-state index contributed by atoms with van der Waals surface area (Å²) in [6.45, 7) is 2.36. The molecule has 0 aliphatic carbocycles. The number of furan rings is 1. The van der Waals surface area contributed by atoms with Gasteiger partial charge in [0.1, 0.15) is 16.5 Å². The number of rotatable bonds is 6. The van der Waals surface area contributed by atoms with Crippen molar-refractivity contribution < 1.29 is 22.0 Å². The molecule has 0 radical (unpaired) electrons. The van der Waals surface area contributed by atoms with Crippen LogP contribution in [0.25, 0.3) is 10.2 Å². The van der Waals surface area contributed by atoms with E-state index in [2.05, 4.69) is 0 Å². The van der Waals surface area contributed by atoms with Crippen LogP contribution < -0.4 is 4.90 Å². The number of sulfonamides is 1. The lowest BCUT2D eigenvalue weighted by Crippen LogP contribution is -2.44. The van der Waals surface area contributed by atoms with Crippen molar-refractivity contribution in [2.75, 3.05) is 18.0 Å². The number of anilines is 1. The molecule has 5 rings (SSSR count). The molecule has 36 heavy (non-hydrogen) atoms. The molecular weight excluding hydrogens is 525 g/mol. The Balaban J connectivity index is 1.39. The number of aromatic nitrogens is 1. The molecule has 2 aromatic heterocycles. The molecule has 7 nitrogen and oxygen atoms in total. The van der Waals surface area contributed by atoms with Crippen LogP contribution in [0.5, 0.6) is 0 Å². The maximum Gasteiger partial charge on any atom is 0.245 e. The highest BCUT2D eigenvalue weighted by Crippen LogP contribution is 2.37. The Kier molecular flexibility index (Phi) is 6.86. The number of aryl methyl sites for hydroxylation is 1. The summed E-state index contributed by atoms with van der Waals surface area (Å²) in [6, 6.07) is 12.6. The molecule has 1 fully saturated rings. The van der Waals surface area contributed by atoms with Crippen LogP contribution in [0.1, 0.15) is 24.2 Å². The van der Waals surface area contributed by atoms with Crippen LogP contribution in [-0.4, -0.2) is 36.7 Å². The summed E-state index contributed by atoms with van der Waals surface area (Å²) < 4.78 is 47.7. The molecule has 188 valence electrons. The lowest BCUT2D eigenvalue weighted by molar-refractivity contribution is -0.123. The van der Waals surface area contributed by atoms with Gasteiger partial charge in [0.15, 0.2) is 5.13 Å². The lowest BCUT2D eigenvalue weighted by atomic mass is 9.96. The molecule has 0 saturated carbocycles. The van der Waals surface area contributed by atoms with Gasteiger partial charge in [0, 0.05) is 19.0 Å². The number of benzene rings is 2. The van der Waals surface area contributed by atoms with Gasteiger partial charge in [-0.25, -0.2) is 17.8 Å². The third kappa shape index (κ3) is 4.66. The van der Waals surface area contributed by atoms with Crippen LogP contribution in [0.15, 0.2) is 64.1 Å². The number of carbonyl (C=O) groups is 1. The van der Waals surface area contributed by atoms with Crippen LogP contribution in [0, 0.1) is 18.7 Å². The zero-order valence-electron chi connectivity index (χ0n) is 19.4. The number of piperidine rings is 1. The van der Waals surface area contributed by atoms with Gasteiger partial charge in [-0.1, -0.05) is 41.1 Å². The molecule has 4 aromatic rings. The van der Waals surface area contributed by atoms with Crippen LogP contribution >= 0.6 is 22.9 Å². The largest absolute Gasteiger partial charge is 0.467 e. The molecule has 1 aliphatic rings. The SMILES string of the molecule is Cc1ccc(Cl)c2sc(N(Cc3ccco3)C(=O)C3CCN(S(=O)(=O)c4ccccc4F)CC3)nc12. The number of nitrogens with zero attached hydrogens (tertiary/aromatic N) is 3. The second-order valence-corrected chi connectivity index (χ2v) is 11.9. The van der Waals surface area contributed by atoms with Gasteiger partial charge in [-0.05, 0) is 55.7 Å². The molecule has 0 N–H and O–H groups in total. The van der Waals surface area contributed by atoms with E-state index in [0.29, 0.717) is 28.8 Å². The van der Waals surface area contributed by atoms with Gasteiger partial charge >= 0.3 is 0 Å². The summed E-state index contributed by atoms with van der Waals surface area (Å²) in [7, 11) is -3.99. The fourth-order valence-electron chi connectivity index (χ4n) is 4.36. The molecule has 1 amide bonds. The fraction of sp³-hybridized carbons (Fsp3) is 0.280. The summed E-state index contributed by atoms with van der Waals surface area (Å²) in [5.74, 6) is -0.770. The van der Waals surface area contributed by atoms with E-state index in [1.54, 1.807) is 23.3 Å². The Morgan fingerprint density at radius 1 is 1.19 bits per heavy atom. The van der Waals surface area contributed by atoms with Crippen molar-refractivity contribution in [3.8, 4) is 0 Å². The smallest absolute Gasteiger partial charge is 0.245 e. The first-order chi connectivity index (χ1) is 17.3. The van der Waals surface area contributed by atoms with E-state index in [1.165, 1.54) is 33.8 Å². The average Bonchev–Trinajstić information content (AvgIpc) is 3.55.